The normalized spacial score (nSPS) is 34.7. The van der Waals surface area contributed by atoms with Gasteiger partial charge in [-0.25, -0.2) is 0 Å². The summed E-state index contributed by atoms with van der Waals surface area (Å²) in [5, 5.41) is 0. The molecule has 18 heavy (non-hydrogen) atoms. The molecule has 1 atom stereocenters. The highest BCUT2D eigenvalue weighted by Crippen LogP contribution is 2.71. The van der Waals surface area contributed by atoms with E-state index < -0.39 is 18.4 Å². The Morgan fingerprint density at radius 3 is 2.11 bits per heavy atom. The molecule has 0 radical (unpaired) electrons. The Morgan fingerprint density at radius 2 is 1.56 bits per heavy atom. The summed E-state index contributed by atoms with van der Waals surface area (Å²) in [6.07, 6.45) is 6.52. The number of rotatable bonds is 0. The van der Waals surface area contributed by atoms with Crippen LogP contribution in [0.1, 0.15) is 20.3 Å². The summed E-state index contributed by atoms with van der Waals surface area (Å²) in [6, 6.07) is 0. The minimum atomic E-state index is -1.68. The van der Waals surface area contributed by atoms with Crippen molar-refractivity contribution in [1.82, 2.24) is 0 Å². The molecule has 6 heteroatoms. The van der Waals surface area contributed by atoms with Gasteiger partial charge in [0.1, 0.15) is 0 Å². The molecule has 0 saturated heterocycles. The van der Waals surface area contributed by atoms with E-state index in [4.69, 9.17) is 69.6 Å². The summed E-state index contributed by atoms with van der Waals surface area (Å²) in [5.74, 6) is -0.207. The SMILES string of the molecule is CC1(C)C2=CC=CCC2C(Cl)(Cl)C(Cl)(Cl)C1(Cl)Cl. The lowest BCUT2D eigenvalue weighted by molar-refractivity contribution is 0.233. The molecule has 0 aromatic rings. The molecule has 0 aromatic carbocycles. The zero-order chi connectivity index (χ0) is 14.0. The van der Waals surface area contributed by atoms with E-state index in [0.717, 1.165) is 5.57 Å². The molecule has 0 aliphatic heterocycles. The largest absolute Gasteiger partial charge is 0.184 e. The van der Waals surface area contributed by atoms with Gasteiger partial charge in [0.05, 0.1) is 0 Å². The monoisotopic (exact) mass is 366 g/mol. The van der Waals surface area contributed by atoms with Crippen molar-refractivity contribution in [2.75, 3.05) is 0 Å². The van der Waals surface area contributed by atoms with Gasteiger partial charge in [0.2, 0.25) is 0 Å². The van der Waals surface area contributed by atoms with Gasteiger partial charge in [0.15, 0.2) is 13.0 Å². The predicted octanol–water partition coefficient (Wildman–Crippen LogP) is 6.05. The van der Waals surface area contributed by atoms with Crippen molar-refractivity contribution in [3.8, 4) is 0 Å². The lowest BCUT2D eigenvalue weighted by Gasteiger charge is -2.59. The van der Waals surface area contributed by atoms with Crippen LogP contribution in [0, 0.1) is 11.3 Å². The Labute approximate surface area is 137 Å². The van der Waals surface area contributed by atoms with Crippen LogP contribution in [0.5, 0.6) is 0 Å². The van der Waals surface area contributed by atoms with E-state index in [9.17, 15) is 0 Å². The first-order valence-electron chi connectivity index (χ1n) is 5.48. The average Bonchev–Trinajstić information content (AvgIpc) is 2.27. The molecule has 2 aliphatic carbocycles. The molecular weight excluding hydrogens is 357 g/mol. The van der Waals surface area contributed by atoms with E-state index >= 15 is 0 Å². The maximum absolute atomic E-state index is 6.43. The third-order valence-electron chi connectivity index (χ3n) is 3.92. The Balaban J connectivity index is 2.69. The van der Waals surface area contributed by atoms with Gasteiger partial charge in [-0.1, -0.05) is 107 Å². The quantitative estimate of drug-likeness (QED) is 0.456. The maximum Gasteiger partial charge on any atom is 0.184 e. The van der Waals surface area contributed by atoms with E-state index in [2.05, 4.69) is 0 Å². The Morgan fingerprint density at radius 1 is 1.00 bits per heavy atom. The number of hydrogen-bond donors (Lipinski definition) is 0. The zero-order valence-electron chi connectivity index (χ0n) is 9.78. The van der Waals surface area contributed by atoms with E-state index in [1.807, 2.05) is 32.1 Å². The molecule has 0 N–H and O–H groups in total. The molecule has 0 spiro atoms. The number of hydrogen-bond acceptors (Lipinski definition) is 0. The highest BCUT2D eigenvalue weighted by atomic mass is 35.5. The fourth-order valence-electron chi connectivity index (χ4n) is 2.62. The standard InChI is InChI=1S/C12H12Cl6/c1-9(2)7-5-3-4-6-8(7)10(13,14)12(17,18)11(9,15)16/h3-5,8H,6H2,1-2H3. The molecule has 0 amide bonds. The maximum atomic E-state index is 6.43. The van der Waals surface area contributed by atoms with Crippen molar-refractivity contribution in [3.05, 3.63) is 23.8 Å². The number of halogens is 6. The Hall–Kier alpha value is 1.22. The summed E-state index contributed by atoms with van der Waals surface area (Å²) in [4.78, 5) is 0. The topological polar surface area (TPSA) is 0 Å². The molecule has 2 rings (SSSR count). The highest BCUT2D eigenvalue weighted by Gasteiger charge is 2.73. The first-order valence-corrected chi connectivity index (χ1v) is 7.75. The van der Waals surface area contributed by atoms with E-state index in [-0.39, 0.29) is 5.92 Å². The lowest BCUT2D eigenvalue weighted by atomic mass is 9.64. The molecule has 102 valence electrons. The van der Waals surface area contributed by atoms with Crippen LogP contribution in [-0.2, 0) is 0 Å². The van der Waals surface area contributed by atoms with E-state index in [0.29, 0.717) is 6.42 Å². The van der Waals surface area contributed by atoms with Gasteiger partial charge in [-0.15, -0.1) is 0 Å². The van der Waals surface area contributed by atoms with Crippen molar-refractivity contribution >= 4 is 69.6 Å². The number of fused-ring (bicyclic) bond motifs is 1. The minimum Gasteiger partial charge on any atom is -0.0975 e. The molecule has 1 fully saturated rings. The van der Waals surface area contributed by atoms with Gasteiger partial charge in [0, 0.05) is 11.3 Å². The fourth-order valence-corrected chi connectivity index (χ4v) is 4.76. The smallest absolute Gasteiger partial charge is 0.0975 e. The van der Waals surface area contributed by atoms with Gasteiger partial charge in [-0.3, -0.25) is 0 Å². The van der Waals surface area contributed by atoms with Crippen LogP contribution in [0.2, 0.25) is 0 Å². The van der Waals surface area contributed by atoms with Crippen LogP contribution in [0.4, 0.5) is 0 Å². The molecule has 0 aromatic heterocycles. The molecule has 1 saturated carbocycles. The first-order chi connectivity index (χ1) is 7.98. The fraction of sp³-hybridized carbons (Fsp3) is 0.667. The Bertz CT molecular complexity index is 430. The van der Waals surface area contributed by atoms with E-state index in [1.165, 1.54) is 0 Å². The summed E-state index contributed by atoms with van der Waals surface area (Å²) in [5.41, 5.74) is 0.333. The second-order valence-electron chi connectivity index (χ2n) is 5.24. The van der Waals surface area contributed by atoms with Crippen molar-refractivity contribution in [2.45, 2.75) is 33.3 Å². The van der Waals surface area contributed by atoms with Gasteiger partial charge < -0.3 is 0 Å². The van der Waals surface area contributed by atoms with Crippen LogP contribution < -0.4 is 0 Å². The van der Waals surface area contributed by atoms with E-state index in [1.54, 1.807) is 0 Å². The molecular formula is C12H12Cl6. The second-order valence-corrected chi connectivity index (χ2v) is 9.28. The zero-order valence-corrected chi connectivity index (χ0v) is 14.3. The summed E-state index contributed by atoms with van der Waals surface area (Å²) >= 11 is 38.4. The van der Waals surface area contributed by atoms with Crippen LogP contribution in [0.15, 0.2) is 23.8 Å². The van der Waals surface area contributed by atoms with Crippen LogP contribution in [0.3, 0.4) is 0 Å². The Kier molecular flexibility index (Phi) is 3.78. The lowest BCUT2D eigenvalue weighted by Crippen LogP contribution is -2.65. The van der Waals surface area contributed by atoms with Gasteiger partial charge >= 0.3 is 0 Å². The third kappa shape index (κ3) is 1.73. The molecule has 1 unspecified atom stereocenters. The third-order valence-corrected chi connectivity index (χ3v) is 8.46. The second kappa shape index (κ2) is 4.36. The van der Waals surface area contributed by atoms with Crippen molar-refractivity contribution in [2.24, 2.45) is 11.3 Å². The van der Waals surface area contributed by atoms with Gasteiger partial charge in [0.25, 0.3) is 0 Å². The van der Waals surface area contributed by atoms with Gasteiger partial charge in [-0.05, 0) is 6.42 Å². The van der Waals surface area contributed by atoms with Crippen molar-refractivity contribution in [3.63, 3.8) is 0 Å². The number of allylic oxidation sites excluding steroid dienone is 4. The minimum absolute atomic E-state index is 0.207. The highest BCUT2D eigenvalue weighted by molar-refractivity contribution is 6.70. The van der Waals surface area contributed by atoms with Crippen LogP contribution in [0.25, 0.3) is 0 Å². The molecule has 0 heterocycles. The van der Waals surface area contributed by atoms with Crippen molar-refractivity contribution in [1.29, 1.82) is 0 Å². The summed E-state index contributed by atoms with van der Waals surface area (Å²) < 4.78 is -4.63. The molecule has 0 nitrogen and oxygen atoms in total. The summed E-state index contributed by atoms with van der Waals surface area (Å²) in [6.45, 7) is 3.79. The van der Waals surface area contributed by atoms with Gasteiger partial charge in [-0.2, -0.15) is 0 Å². The number of alkyl halides is 6. The molecule has 0 bridgehead atoms. The average molecular weight is 369 g/mol. The summed E-state index contributed by atoms with van der Waals surface area (Å²) in [7, 11) is 0. The van der Waals surface area contributed by atoms with Crippen LogP contribution in [-0.4, -0.2) is 13.0 Å². The van der Waals surface area contributed by atoms with Crippen LogP contribution >= 0.6 is 69.6 Å². The molecule has 2 aliphatic rings. The first kappa shape index (κ1) is 15.6. The van der Waals surface area contributed by atoms with Crippen molar-refractivity contribution < 1.29 is 0 Å². The predicted molar refractivity (Wildman–Crippen MR) is 82.4 cm³/mol.